The number of hydrogen-bond donors (Lipinski definition) is 3. The van der Waals surface area contributed by atoms with E-state index in [0.29, 0.717) is 22.9 Å². The second-order valence-electron chi connectivity index (χ2n) is 8.16. The Morgan fingerprint density at radius 1 is 1.33 bits per heavy atom. The lowest BCUT2D eigenvalue weighted by Gasteiger charge is -2.37. The van der Waals surface area contributed by atoms with Crippen LogP contribution in [0.1, 0.15) is 6.92 Å². The number of rotatable bonds is 6. The van der Waals surface area contributed by atoms with Crippen molar-refractivity contribution < 1.29 is 28.7 Å². The topological polar surface area (TPSA) is 184 Å². The minimum absolute atomic E-state index is 0.0840. The van der Waals surface area contributed by atoms with E-state index < -0.39 is 23.5 Å². The molecule has 0 unspecified atom stereocenters. The molecule has 0 radical (unpaired) electrons. The number of carbonyl (C=O) groups excluding carboxylic acids is 2. The van der Waals surface area contributed by atoms with Gasteiger partial charge in [0.1, 0.15) is 0 Å². The van der Waals surface area contributed by atoms with E-state index >= 15 is 0 Å². The Morgan fingerprint density at radius 2 is 2.17 bits per heavy atom. The molecule has 1 aliphatic rings. The van der Waals surface area contributed by atoms with Crippen molar-refractivity contribution in [3.8, 4) is 11.6 Å². The van der Waals surface area contributed by atoms with E-state index in [1.54, 1.807) is 35.3 Å². The zero-order valence-corrected chi connectivity index (χ0v) is 19.3. The zero-order valence-electron chi connectivity index (χ0n) is 19.3. The highest BCUT2D eigenvalue weighted by Crippen LogP contribution is 2.27. The quantitative estimate of drug-likeness (QED) is 0.339. The molecule has 36 heavy (non-hydrogen) atoms. The summed E-state index contributed by atoms with van der Waals surface area (Å²) in [5.74, 6) is -0.629. The lowest BCUT2D eigenvalue weighted by molar-refractivity contribution is -0.165. The maximum Gasteiger partial charge on any atom is 0.260 e. The van der Waals surface area contributed by atoms with Gasteiger partial charge in [0.05, 0.1) is 37.8 Å². The van der Waals surface area contributed by atoms with E-state index in [1.807, 2.05) is 0 Å². The summed E-state index contributed by atoms with van der Waals surface area (Å²) in [6.07, 6.45) is 3.10. The van der Waals surface area contributed by atoms with Crippen molar-refractivity contribution in [2.75, 3.05) is 36.2 Å². The van der Waals surface area contributed by atoms with Crippen molar-refractivity contribution in [2.24, 2.45) is 0 Å². The number of nitrogens with zero attached hydrogens (tertiary/aromatic N) is 6. The largest absolute Gasteiger partial charge is 0.481 e. The van der Waals surface area contributed by atoms with Gasteiger partial charge in [0.25, 0.3) is 11.8 Å². The Kier molecular flexibility index (Phi) is 5.74. The third-order valence-corrected chi connectivity index (χ3v) is 5.70. The summed E-state index contributed by atoms with van der Waals surface area (Å²) < 4.78 is 17.3. The predicted molar refractivity (Wildman–Crippen MR) is 125 cm³/mol. The van der Waals surface area contributed by atoms with Crippen molar-refractivity contribution in [3.63, 3.8) is 0 Å². The minimum atomic E-state index is -2.22. The van der Waals surface area contributed by atoms with E-state index in [1.165, 1.54) is 31.2 Å². The number of ether oxygens (including phenoxy) is 2. The van der Waals surface area contributed by atoms with E-state index in [-0.39, 0.29) is 30.2 Å². The fourth-order valence-corrected chi connectivity index (χ4v) is 3.76. The molecule has 0 aromatic carbocycles. The molecule has 5 heterocycles. The highest BCUT2D eigenvalue weighted by Gasteiger charge is 2.49. The van der Waals surface area contributed by atoms with Crippen LogP contribution in [0.25, 0.3) is 16.8 Å². The minimum Gasteiger partial charge on any atom is -0.481 e. The maximum absolute atomic E-state index is 13.3. The van der Waals surface area contributed by atoms with Crippen LogP contribution in [-0.2, 0) is 14.3 Å². The van der Waals surface area contributed by atoms with Gasteiger partial charge in [-0.25, -0.2) is 14.6 Å². The van der Waals surface area contributed by atoms with Gasteiger partial charge in [-0.15, -0.1) is 5.10 Å². The van der Waals surface area contributed by atoms with Crippen LogP contribution in [0.5, 0.6) is 5.88 Å². The number of anilines is 3. The van der Waals surface area contributed by atoms with Crippen molar-refractivity contribution in [1.29, 1.82) is 0 Å². The van der Waals surface area contributed by atoms with Gasteiger partial charge < -0.3 is 30.2 Å². The molecule has 0 bridgehead atoms. The molecule has 0 spiro atoms. The molecule has 1 aliphatic heterocycles. The number of pyridine rings is 2. The molecule has 186 valence electrons. The van der Waals surface area contributed by atoms with Crippen LogP contribution >= 0.6 is 0 Å². The summed E-state index contributed by atoms with van der Waals surface area (Å²) in [5, 5.41) is 21.6. The number of methoxy groups -OCH3 is 1. The van der Waals surface area contributed by atoms with Gasteiger partial charge >= 0.3 is 0 Å². The summed E-state index contributed by atoms with van der Waals surface area (Å²) in [6, 6.07) is 6.52. The number of carbonyl (C=O) groups is 2. The van der Waals surface area contributed by atoms with Crippen molar-refractivity contribution in [1.82, 2.24) is 24.9 Å². The molecule has 1 fully saturated rings. The van der Waals surface area contributed by atoms with Crippen LogP contribution in [0.3, 0.4) is 0 Å². The van der Waals surface area contributed by atoms with Crippen LogP contribution in [0, 0.1) is 0 Å². The lowest BCUT2D eigenvalue weighted by Crippen LogP contribution is -2.61. The van der Waals surface area contributed by atoms with Gasteiger partial charge in [0.15, 0.2) is 34.4 Å². The average Bonchev–Trinajstić information content (AvgIpc) is 3.51. The third-order valence-electron chi connectivity index (χ3n) is 5.70. The van der Waals surface area contributed by atoms with Crippen LogP contribution < -0.4 is 20.7 Å². The second kappa shape index (κ2) is 8.90. The first kappa shape index (κ1) is 23.2. The van der Waals surface area contributed by atoms with Gasteiger partial charge in [-0.3, -0.25) is 14.5 Å². The Hall–Kier alpha value is -4.56. The summed E-state index contributed by atoms with van der Waals surface area (Å²) in [5.41, 5.74) is 4.92. The van der Waals surface area contributed by atoms with Crippen LogP contribution in [0.4, 0.5) is 17.3 Å². The smallest absolute Gasteiger partial charge is 0.260 e. The molecule has 4 aromatic rings. The number of hydrogen-bond acceptors (Lipinski definition) is 11. The van der Waals surface area contributed by atoms with Crippen molar-refractivity contribution >= 4 is 40.2 Å². The molecule has 0 saturated carbocycles. The highest BCUT2D eigenvalue weighted by molar-refractivity contribution is 6.06. The first-order chi connectivity index (χ1) is 17.3. The van der Waals surface area contributed by atoms with Crippen molar-refractivity contribution in [3.05, 3.63) is 42.9 Å². The van der Waals surface area contributed by atoms with Crippen molar-refractivity contribution in [2.45, 2.75) is 18.6 Å². The molecular weight excluding hydrogens is 472 g/mol. The maximum atomic E-state index is 13.3. The number of nitrogen functional groups attached to an aromatic ring is 1. The molecule has 4 N–H and O–H groups in total. The van der Waals surface area contributed by atoms with E-state index in [4.69, 9.17) is 19.7 Å². The van der Waals surface area contributed by atoms with E-state index in [9.17, 15) is 14.7 Å². The number of aliphatic hydroxyl groups is 1. The molecule has 4 aromatic heterocycles. The van der Waals surface area contributed by atoms with Gasteiger partial charge in [0, 0.05) is 30.6 Å². The first-order valence-electron chi connectivity index (χ1n) is 10.8. The Labute approximate surface area is 203 Å². The fraction of sp³-hybridized carbons (Fsp3) is 0.273. The average molecular weight is 494 g/mol. The molecule has 5 rings (SSSR count). The lowest BCUT2D eigenvalue weighted by atomic mass is 9.95. The molecule has 14 heteroatoms. The monoisotopic (exact) mass is 494 g/mol. The van der Waals surface area contributed by atoms with Gasteiger partial charge in [-0.05, 0) is 13.0 Å². The van der Waals surface area contributed by atoms with Crippen LogP contribution in [0.2, 0.25) is 0 Å². The molecule has 14 nitrogen and oxygen atoms in total. The number of nitrogens with two attached hydrogens (primary N) is 1. The number of morpholine rings is 1. The summed E-state index contributed by atoms with van der Waals surface area (Å²) in [7, 11) is 1.51. The van der Waals surface area contributed by atoms with E-state index in [0.717, 1.165) is 0 Å². The molecule has 0 aliphatic carbocycles. The second-order valence-corrected chi connectivity index (χ2v) is 8.16. The van der Waals surface area contributed by atoms with Gasteiger partial charge in [-0.2, -0.15) is 0 Å². The number of nitrogens with one attached hydrogen (secondary N) is 1. The zero-order chi connectivity index (χ0) is 25.4. The van der Waals surface area contributed by atoms with Crippen LogP contribution in [-0.4, -0.2) is 73.8 Å². The van der Waals surface area contributed by atoms with Crippen LogP contribution in [0.15, 0.2) is 47.4 Å². The predicted octanol–water partition coefficient (Wildman–Crippen LogP) is 0.516. The van der Waals surface area contributed by atoms with E-state index in [2.05, 4.69) is 25.5 Å². The summed E-state index contributed by atoms with van der Waals surface area (Å²) in [6.45, 7) is 1.48. The fourth-order valence-electron chi connectivity index (χ4n) is 3.76. The SMILES string of the molecule is COc1cc(-n2ccc(N3CCO[C@H]([C@](C)(O)C(=O)Nc4cnc5c(N)noc5c4)C3=O)n2)ccn1. The summed E-state index contributed by atoms with van der Waals surface area (Å²) >= 11 is 0. The standard InChI is InChI=1S/C22H22N8O6/c1-22(33,21(32)26-12-9-14-17(25-11-12)19(23)28-36-14)18-20(31)29(7-8-35-18)15-4-6-30(27-15)13-3-5-24-16(10-13)34-2/h3-6,9-11,18,33H,7-8H2,1-2H3,(H2,23,28)(H,26,32)/t18-,22-/m0/s1. The number of fused-ring (bicyclic) bond motifs is 1. The molecule has 1 saturated heterocycles. The Morgan fingerprint density at radius 3 is 2.97 bits per heavy atom. The normalized spacial score (nSPS) is 17.7. The molecule has 2 amide bonds. The Balaban J connectivity index is 1.33. The first-order valence-corrected chi connectivity index (χ1v) is 10.8. The van der Waals surface area contributed by atoms with Gasteiger partial charge in [-0.1, -0.05) is 5.16 Å². The third kappa shape index (κ3) is 4.08. The molecular formula is C22H22N8O6. The number of aromatic nitrogens is 5. The highest BCUT2D eigenvalue weighted by atomic mass is 16.5. The molecule has 2 atom stereocenters. The Bertz CT molecular complexity index is 1450. The van der Waals surface area contributed by atoms with Gasteiger partial charge in [0.2, 0.25) is 5.88 Å². The number of amides is 2. The summed E-state index contributed by atoms with van der Waals surface area (Å²) in [4.78, 5) is 35.8.